The molecular weight excluding hydrogens is 352 g/mol. The summed E-state index contributed by atoms with van der Waals surface area (Å²) in [7, 11) is 0. The van der Waals surface area contributed by atoms with Crippen molar-refractivity contribution in [2.75, 3.05) is 6.54 Å². The maximum Gasteiger partial charge on any atom is 0.267 e. The summed E-state index contributed by atoms with van der Waals surface area (Å²) in [5.74, 6) is 0.0162. The van der Waals surface area contributed by atoms with Crippen molar-refractivity contribution in [1.82, 2.24) is 19.7 Å². The Morgan fingerprint density at radius 2 is 2.07 bits per heavy atom. The molecule has 3 aromatic rings. The zero-order chi connectivity index (χ0) is 19.1. The number of likely N-dealkylation sites (tertiary alicyclic amines) is 1. The second kappa shape index (κ2) is 6.86. The number of aryl methyl sites for hydroxylation is 2. The summed E-state index contributed by atoms with van der Waals surface area (Å²) in [5.41, 5.74) is 3.62. The number of nitrogens with zero attached hydrogens (tertiary/aromatic N) is 4. The minimum atomic E-state index is -0.0586. The van der Waals surface area contributed by atoms with Crippen LogP contribution in [-0.4, -0.2) is 38.2 Å². The van der Waals surface area contributed by atoms with Crippen LogP contribution in [0.3, 0.4) is 0 Å². The van der Waals surface area contributed by atoms with Gasteiger partial charge in [0.05, 0.1) is 23.8 Å². The standard InChI is InChI=1S/C22H22N4O2/c27-21-13-16-4-1-7-20(16)24-26(21)14-18-6-3-11-25(18)22(28)17-8-9-19-15(12-17)5-2-10-23-19/h2,5,8-10,12-13,18H,1,3-4,6-7,11,14H2. The number of benzene rings is 1. The van der Waals surface area contributed by atoms with Crippen LogP contribution in [0.1, 0.15) is 40.9 Å². The average molecular weight is 374 g/mol. The van der Waals surface area contributed by atoms with Crippen LogP contribution < -0.4 is 5.56 Å². The van der Waals surface area contributed by atoms with Gasteiger partial charge in [0, 0.05) is 29.8 Å². The second-order valence-corrected chi connectivity index (χ2v) is 7.70. The molecule has 1 atom stereocenters. The summed E-state index contributed by atoms with van der Waals surface area (Å²) in [6, 6.07) is 11.2. The van der Waals surface area contributed by atoms with Crippen LogP contribution in [0.25, 0.3) is 10.9 Å². The fourth-order valence-electron chi connectivity index (χ4n) is 4.44. The van der Waals surface area contributed by atoms with Crippen LogP contribution in [0, 0.1) is 0 Å². The van der Waals surface area contributed by atoms with Gasteiger partial charge >= 0.3 is 0 Å². The van der Waals surface area contributed by atoms with Crippen LogP contribution in [0.15, 0.2) is 47.4 Å². The van der Waals surface area contributed by atoms with Crippen molar-refractivity contribution in [3.63, 3.8) is 0 Å². The van der Waals surface area contributed by atoms with Gasteiger partial charge < -0.3 is 4.90 Å². The first-order valence-corrected chi connectivity index (χ1v) is 9.95. The lowest BCUT2D eigenvalue weighted by Gasteiger charge is -2.25. The third-order valence-electron chi connectivity index (χ3n) is 5.90. The smallest absolute Gasteiger partial charge is 0.267 e. The fraction of sp³-hybridized carbons (Fsp3) is 0.364. The summed E-state index contributed by atoms with van der Waals surface area (Å²) in [4.78, 5) is 31.8. The number of pyridine rings is 1. The van der Waals surface area contributed by atoms with E-state index < -0.39 is 0 Å². The van der Waals surface area contributed by atoms with E-state index in [1.807, 2.05) is 35.2 Å². The molecule has 0 radical (unpaired) electrons. The molecule has 0 bridgehead atoms. The number of fused-ring (bicyclic) bond motifs is 2. The van der Waals surface area contributed by atoms with Crippen molar-refractivity contribution in [3.8, 4) is 0 Å². The minimum absolute atomic E-state index is 0.00162. The molecule has 2 aliphatic rings. The van der Waals surface area contributed by atoms with Crippen molar-refractivity contribution in [1.29, 1.82) is 0 Å². The highest BCUT2D eigenvalue weighted by molar-refractivity contribution is 5.98. The van der Waals surface area contributed by atoms with Gasteiger partial charge in [-0.15, -0.1) is 0 Å². The largest absolute Gasteiger partial charge is 0.334 e. The molecule has 1 saturated heterocycles. The first-order valence-electron chi connectivity index (χ1n) is 9.95. The number of aromatic nitrogens is 3. The molecule has 0 saturated carbocycles. The van der Waals surface area contributed by atoms with Gasteiger partial charge in [-0.3, -0.25) is 14.6 Å². The van der Waals surface area contributed by atoms with Gasteiger partial charge in [0.15, 0.2) is 0 Å². The molecule has 1 aromatic carbocycles. The van der Waals surface area contributed by atoms with E-state index in [0.29, 0.717) is 18.7 Å². The fourth-order valence-corrected chi connectivity index (χ4v) is 4.44. The van der Waals surface area contributed by atoms with E-state index in [2.05, 4.69) is 10.1 Å². The lowest BCUT2D eigenvalue weighted by atomic mass is 10.1. The summed E-state index contributed by atoms with van der Waals surface area (Å²) < 4.78 is 1.56. The number of rotatable bonds is 3. The maximum atomic E-state index is 13.2. The number of hydrogen-bond acceptors (Lipinski definition) is 4. The van der Waals surface area contributed by atoms with E-state index in [1.54, 1.807) is 16.9 Å². The maximum absolute atomic E-state index is 13.2. The number of carbonyl (C=O) groups is 1. The number of carbonyl (C=O) groups excluding carboxylic acids is 1. The zero-order valence-corrected chi connectivity index (χ0v) is 15.7. The molecule has 142 valence electrons. The molecule has 1 aliphatic carbocycles. The molecule has 6 nitrogen and oxygen atoms in total. The van der Waals surface area contributed by atoms with Crippen molar-refractivity contribution in [2.45, 2.75) is 44.7 Å². The molecule has 28 heavy (non-hydrogen) atoms. The molecular formula is C22H22N4O2. The Labute approximate surface area is 162 Å². The van der Waals surface area contributed by atoms with Crippen molar-refractivity contribution >= 4 is 16.8 Å². The summed E-state index contributed by atoms with van der Waals surface area (Å²) in [5, 5.41) is 5.54. The van der Waals surface area contributed by atoms with Gasteiger partial charge in [0.2, 0.25) is 0 Å². The quantitative estimate of drug-likeness (QED) is 0.707. The first-order chi connectivity index (χ1) is 13.7. The van der Waals surface area contributed by atoms with E-state index >= 15 is 0 Å². The SMILES string of the molecule is O=C(c1ccc2ncccc2c1)N1CCCC1Cn1nc2c(cc1=O)CCC2. The van der Waals surface area contributed by atoms with Gasteiger partial charge in [0.1, 0.15) is 0 Å². The monoisotopic (exact) mass is 374 g/mol. The van der Waals surface area contributed by atoms with Gasteiger partial charge in [-0.2, -0.15) is 5.10 Å². The summed E-state index contributed by atoms with van der Waals surface area (Å²) in [6.07, 6.45) is 6.55. The molecule has 2 aromatic heterocycles. The van der Waals surface area contributed by atoms with Crippen molar-refractivity contribution in [2.24, 2.45) is 0 Å². The van der Waals surface area contributed by atoms with Gasteiger partial charge in [-0.05, 0) is 61.9 Å². The van der Waals surface area contributed by atoms with Crippen LogP contribution >= 0.6 is 0 Å². The van der Waals surface area contributed by atoms with Gasteiger partial charge in [-0.25, -0.2) is 4.68 Å². The molecule has 5 rings (SSSR count). The van der Waals surface area contributed by atoms with Crippen LogP contribution in [0.2, 0.25) is 0 Å². The molecule has 0 N–H and O–H groups in total. The van der Waals surface area contributed by atoms with E-state index in [4.69, 9.17) is 0 Å². The zero-order valence-electron chi connectivity index (χ0n) is 15.7. The lowest BCUT2D eigenvalue weighted by molar-refractivity contribution is 0.0720. The highest BCUT2D eigenvalue weighted by Gasteiger charge is 2.30. The first kappa shape index (κ1) is 17.1. The lowest BCUT2D eigenvalue weighted by Crippen LogP contribution is -2.40. The molecule has 1 unspecified atom stereocenters. The van der Waals surface area contributed by atoms with Gasteiger partial charge in [0.25, 0.3) is 11.5 Å². The predicted octanol–water partition coefficient (Wildman–Crippen LogP) is 2.59. The Morgan fingerprint density at radius 3 is 3.00 bits per heavy atom. The number of hydrogen-bond donors (Lipinski definition) is 0. The highest BCUT2D eigenvalue weighted by Crippen LogP contribution is 2.23. The summed E-state index contributed by atoms with van der Waals surface area (Å²) >= 11 is 0. The van der Waals surface area contributed by atoms with E-state index in [-0.39, 0.29) is 17.5 Å². The Balaban J connectivity index is 1.40. The van der Waals surface area contributed by atoms with Crippen LogP contribution in [0.5, 0.6) is 0 Å². The number of amides is 1. The molecule has 0 spiro atoms. The molecule has 1 amide bonds. The predicted molar refractivity (Wildman–Crippen MR) is 106 cm³/mol. The molecule has 1 fully saturated rings. The molecule has 1 aliphatic heterocycles. The highest BCUT2D eigenvalue weighted by atomic mass is 16.2. The van der Waals surface area contributed by atoms with E-state index in [9.17, 15) is 9.59 Å². The molecule has 6 heteroatoms. The van der Waals surface area contributed by atoms with Crippen LogP contribution in [0.4, 0.5) is 0 Å². The average Bonchev–Trinajstić information content (AvgIpc) is 3.36. The van der Waals surface area contributed by atoms with Gasteiger partial charge in [-0.1, -0.05) is 6.07 Å². The molecule has 3 heterocycles. The third-order valence-corrected chi connectivity index (χ3v) is 5.90. The van der Waals surface area contributed by atoms with Crippen molar-refractivity contribution in [3.05, 3.63) is 69.8 Å². The Kier molecular flexibility index (Phi) is 4.19. The summed E-state index contributed by atoms with van der Waals surface area (Å²) in [6.45, 7) is 1.18. The van der Waals surface area contributed by atoms with E-state index in [0.717, 1.165) is 54.3 Å². The van der Waals surface area contributed by atoms with E-state index in [1.165, 1.54) is 0 Å². The second-order valence-electron chi connectivity index (χ2n) is 7.70. The Bertz CT molecular complexity index is 1120. The van der Waals surface area contributed by atoms with Crippen LogP contribution in [-0.2, 0) is 19.4 Å². The Hall–Kier alpha value is -3.02. The normalized spacial score (nSPS) is 18.6. The van der Waals surface area contributed by atoms with Crippen molar-refractivity contribution < 1.29 is 4.79 Å². The third kappa shape index (κ3) is 2.99. The topological polar surface area (TPSA) is 68.1 Å². The Morgan fingerprint density at radius 1 is 1.14 bits per heavy atom. The minimum Gasteiger partial charge on any atom is -0.334 e.